The van der Waals surface area contributed by atoms with E-state index in [-0.39, 0.29) is 17.8 Å². The van der Waals surface area contributed by atoms with Gasteiger partial charge < -0.3 is 0 Å². The number of ketones is 1. The molecule has 0 spiro atoms. The van der Waals surface area contributed by atoms with Gasteiger partial charge in [-0.2, -0.15) is 5.10 Å². The highest BCUT2D eigenvalue weighted by Crippen LogP contribution is 2.17. The maximum Gasteiger partial charge on any atom is 0.171 e. The Kier molecular flexibility index (Phi) is 4.14. The first-order valence-corrected chi connectivity index (χ1v) is 6.80. The molecule has 2 aromatic rings. The van der Waals surface area contributed by atoms with Crippen molar-refractivity contribution in [3.63, 3.8) is 0 Å². The Morgan fingerprint density at radius 1 is 1.42 bits per heavy atom. The second kappa shape index (κ2) is 5.65. The summed E-state index contributed by atoms with van der Waals surface area (Å²) in [6.45, 7) is 2.00. The van der Waals surface area contributed by atoms with Crippen LogP contribution in [-0.4, -0.2) is 15.6 Å². The number of aryl methyl sites for hydroxylation is 2. The topological polar surface area (TPSA) is 34.9 Å². The molecule has 0 fully saturated rings. The van der Waals surface area contributed by atoms with Crippen molar-refractivity contribution < 1.29 is 9.18 Å². The van der Waals surface area contributed by atoms with E-state index in [4.69, 9.17) is 0 Å². The highest BCUT2D eigenvalue weighted by molar-refractivity contribution is 9.10. The summed E-state index contributed by atoms with van der Waals surface area (Å²) in [5, 5.41) is 4.28. The molecule has 1 aromatic carbocycles. The van der Waals surface area contributed by atoms with Gasteiger partial charge in [0.25, 0.3) is 0 Å². The zero-order valence-corrected chi connectivity index (χ0v) is 12.4. The highest BCUT2D eigenvalue weighted by atomic mass is 79.9. The van der Waals surface area contributed by atoms with Gasteiger partial charge in [0.15, 0.2) is 5.78 Å². The second-order valence-corrected chi connectivity index (χ2v) is 5.24. The largest absolute Gasteiger partial charge is 0.294 e. The first-order valence-electron chi connectivity index (χ1n) is 6.01. The Hall–Kier alpha value is -1.49. The van der Waals surface area contributed by atoms with E-state index < -0.39 is 5.82 Å². The summed E-state index contributed by atoms with van der Waals surface area (Å²) in [5.41, 5.74) is 1.84. The lowest BCUT2D eigenvalue weighted by atomic mass is 10.1. The number of rotatable bonds is 4. The number of Topliss-reactive ketones (excluding diaryl/α,β-unsaturated/α-hetero) is 1. The molecule has 2 rings (SSSR count). The summed E-state index contributed by atoms with van der Waals surface area (Å²) in [5.74, 6) is -0.743. The van der Waals surface area contributed by atoms with Crippen LogP contribution in [0.1, 0.15) is 28.7 Å². The van der Waals surface area contributed by atoms with Crippen molar-refractivity contribution in [2.75, 3.05) is 0 Å². The van der Waals surface area contributed by atoms with Crippen LogP contribution < -0.4 is 0 Å². The lowest BCUT2D eigenvalue weighted by Crippen LogP contribution is -2.09. The second-order valence-electron chi connectivity index (χ2n) is 4.33. The van der Waals surface area contributed by atoms with Gasteiger partial charge in [-0.15, -0.1) is 0 Å². The minimum Gasteiger partial charge on any atom is -0.294 e. The van der Waals surface area contributed by atoms with E-state index >= 15 is 0 Å². The Morgan fingerprint density at radius 3 is 2.74 bits per heavy atom. The molecule has 0 aliphatic carbocycles. The van der Waals surface area contributed by atoms with Gasteiger partial charge in [0.2, 0.25) is 0 Å². The minimum atomic E-state index is -0.503. The van der Waals surface area contributed by atoms with Crippen LogP contribution >= 0.6 is 15.9 Å². The van der Waals surface area contributed by atoms with Crippen molar-refractivity contribution in [3.05, 3.63) is 51.5 Å². The number of aromatic nitrogens is 2. The van der Waals surface area contributed by atoms with Crippen LogP contribution in [0, 0.1) is 5.82 Å². The summed E-state index contributed by atoms with van der Waals surface area (Å²) in [6.07, 6.45) is 0.969. The average molecular weight is 325 g/mol. The van der Waals surface area contributed by atoms with E-state index in [2.05, 4.69) is 21.0 Å². The molecular weight excluding hydrogens is 311 g/mol. The SMILES string of the molecule is CCc1cc(CC(=O)c2ccc(Br)cc2F)n(C)n1. The van der Waals surface area contributed by atoms with E-state index in [1.807, 2.05) is 13.0 Å². The number of hydrogen-bond acceptors (Lipinski definition) is 2. The van der Waals surface area contributed by atoms with Crippen molar-refractivity contribution in [1.29, 1.82) is 0 Å². The smallest absolute Gasteiger partial charge is 0.171 e. The molecule has 1 aromatic heterocycles. The fourth-order valence-electron chi connectivity index (χ4n) is 1.89. The van der Waals surface area contributed by atoms with Crippen LogP contribution in [0.25, 0.3) is 0 Å². The van der Waals surface area contributed by atoms with E-state index in [9.17, 15) is 9.18 Å². The molecule has 0 radical (unpaired) electrons. The number of carbonyl (C=O) groups is 1. The molecule has 3 nitrogen and oxygen atoms in total. The zero-order chi connectivity index (χ0) is 14.0. The molecular formula is C14H14BrFN2O. The summed E-state index contributed by atoms with van der Waals surface area (Å²) < 4.78 is 16.0. The lowest BCUT2D eigenvalue weighted by molar-refractivity contribution is 0.0987. The number of hydrogen-bond donors (Lipinski definition) is 0. The predicted octanol–water partition coefficient (Wildman–Crippen LogP) is 3.31. The molecule has 0 N–H and O–H groups in total. The molecule has 0 saturated carbocycles. The third-order valence-corrected chi connectivity index (χ3v) is 3.46. The monoisotopic (exact) mass is 324 g/mol. The minimum absolute atomic E-state index is 0.113. The standard InChI is InChI=1S/C14H14BrFN2O/c1-3-10-7-11(18(2)17-10)8-14(19)12-5-4-9(15)6-13(12)16/h4-7H,3,8H2,1-2H3. The van der Waals surface area contributed by atoms with Crippen LogP contribution in [0.2, 0.25) is 0 Å². The molecule has 0 atom stereocenters. The lowest BCUT2D eigenvalue weighted by Gasteiger charge is -2.03. The average Bonchev–Trinajstić information content (AvgIpc) is 2.70. The number of nitrogens with zero attached hydrogens (tertiary/aromatic N) is 2. The van der Waals surface area contributed by atoms with Crippen molar-refractivity contribution in [1.82, 2.24) is 9.78 Å². The van der Waals surface area contributed by atoms with Gasteiger partial charge in [0, 0.05) is 17.2 Å². The first-order chi connectivity index (χ1) is 9.01. The summed E-state index contributed by atoms with van der Waals surface area (Å²) >= 11 is 3.17. The fourth-order valence-corrected chi connectivity index (χ4v) is 2.22. The van der Waals surface area contributed by atoms with Crippen molar-refractivity contribution in [2.24, 2.45) is 7.05 Å². The maximum atomic E-state index is 13.7. The summed E-state index contributed by atoms with van der Waals surface area (Å²) in [6, 6.07) is 6.35. The Labute approximate surface area is 119 Å². The van der Waals surface area contributed by atoms with Gasteiger partial charge in [0.1, 0.15) is 5.82 Å². The third kappa shape index (κ3) is 3.10. The van der Waals surface area contributed by atoms with Gasteiger partial charge >= 0.3 is 0 Å². The Morgan fingerprint density at radius 2 is 2.16 bits per heavy atom. The van der Waals surface area contributed by atoms with Crippen molar-refractivity contribution in [2.45, 2.75) is 19.8 Å². The fraction of sp³-hybridized carbons (Fsp3) is 0.286. The molecule has 0 bridgehead atoms. The van der Waals surface area contributed by atoms with Crippen LogP contribution in [0.3, 0.4) is 0 Å². The van der Waals surface area contributed by atoms with Gasteiger partial charge in [-0.3, -0.25) is 9.48 Å². The quantitative estimate of drug-likeness (QED) is 0.809. The van der Waals surface area contributed by atoms with Crippen LogP contribution in [-0.2, 0) is 19.9 Å². The van der Waals surface area contributed by atoms with Crippen LogP contribution in [0.4, 0.5) is 4.39 Å². The van der Waals surface area contributed by atoms with Gasteiger partial charge in [-0.25, -0.2) is 4.39 Å². The third-order valence-electron chi connectivity index (χ3n) is 2.96. The van der Waals surface area contributed by atoms with Gasteiger partial charge in [-0.05, 0) is 30.7 Å². The first kappa shape index (κ1) is 13.9. The molecule has 0 saturated heterocycles. The number of halogens is 2. The van der Waals surface area contributed by atoms with E-state index in [1.54, 1.807) is 17.8 Å². The van der Waals surface area contributed by atoms with E-state index in [1.165, 1.54) is 12.1 Å². The van der Waals surface area contributed by atoms with E-state index in [0.717, 1.165) is 17.8 Å². The summed E-state index contributed by atoms with van der Waals surface area (Å²) in [4.78, 5) is 12.1. The highest BCUT2D eigenvalue weighted by Gasteiger charge is 2.15. The molecule has 100 valence electrons. The van der Waals surface area contributed by atoms with E-state index in [0.29, 0.717) is 4.47 Å². The Balaban J connectivity index is 2.23. The molecule has 19 heavy (non-hydrogen) atoms. The maximum absolute atomic E-state index is 13.7. The summed E-state index contributed by atoms with van der Waals surface area (Å²) in [7, 11) is 1.79. The van der Waals surface area contributed by atoms with Gasteiger partial charge in [0.05, 0.1) is 17.7 Å². The van der Waals surface area contributed by atoms with Crippen molar-refractivity contribution >= 4 is 21.7 Å². The van der Waals surface area contributed by atoms with Gasteiger partial charge in [-0.1, -0.05) is 22.9 Å². The number of carbonyl (C=O) groups excluding carboxylic acids is 1. The normalized spacial score (nSPS) is 10.7. The van der Waals surface area contributed by atoms with Crippen LogP contribution in [0.5, 0.6) is 0 Å². The molecule has 0 unspecified atom stereocenters. The molecule has 5 heteroatoms. The zero-order valence-electron chi connectivity index (χ0n) is 10.8. The molecule has 0 amide bonds. The predicted molar refractivity (Wildman–Crippen MR) is 74.7 cm³/mol. The Bertz CT molecular complexity index is 622. The number of benzene rings is 1. The molecule has 0 aliphatic heterocycles. The van der Waals surface area contributed by atoms with Crippen molar-refractivity contribution in [3.8, 4) is 0 Å². The molecule has 0 aliphatic rings. The molecule has 1 heterocycles. The van der Waals surface area contributed by atoms with Crippen LogP contribution in [0.15, 0.2) is 28.7 Å².